The molecule has 0 bridgehead atoms. The van der Waals surface area contributed by atoms with Gasteiger partial charge in [-0.25, -0.2) is 4.39 Å². The maximum atomic E-state index is 14.4. The van der Waals surface area contributed by atoms with Crippen LogP contribution >= 0.6 is 0 Å². The minimum Gasteiger partial charge on any atom is -0.380 e. The van der Waals surface area contributed by atoms with Crippen molar-refractivity contribution in [3.8, 4) is 0 Å². The summed E-state index contributed by atoms with van der Waals surface area (Å²) in [5, 5.41) is 2.99. The minimum absolute atomic E-state index is 0.155. The van der Waals surface area contributed by atoms with Crippen LogP contribution in [0.25, 0.3) is 5.70 Å². The number of nitrogens with zero attached hydrogens (tertiary/aromatic N) is 1. The molecule has 0 aliphatic carbocycles. The molecule has 1 aromatic heterocycles. The monoisotopic (exact) mass is 380 g/mol. The third kappa shape index (κ3) is 3.83. The molecule has 27 heavy (non-hydrogen) atoms. The van der Waals surface area contributed by atoms with Gasteiger partial charge in [-0.05, 0) is 41.8 Å². The van der Waals surface area contributed by atoms with Gasteiger partial charge in [0.05, 0.1) is 30.2 Å². The first-order chi connectivity index (χ1) is 12.6. The third-order valence-corrected chi connectivity index (χ3v) is 5.13. The first-order valence-electron chi connectivity index (χ1n) is 8.48. The van der Waals surface area contributed by atoms with Gasteiger partial charge in [-0.2, -0.15) is 13.2 Å². The van der Waals surface area contributed by atoms with E-state index in [1.807, 2.05) is 13.8 Å². The highest BCUT2D eigenvalue weighted by Crippen LogP contribution is 2.39. The summed E-state index contributed by atoms with van der Waals surface area (Å²) in [5.74, 6) is -0.166. The molecular formula is C20H20F4N2O. The Morgan fingerprint density at radius 2 is 2.04 bits per heavy atom. The van der Waals surface area contributed by atoms with E-state index in [-0.39, 0.29) is 17.4 Å². The zero-order valence-corrected chi connectivity index (χ0v) is 15.0. The highest BCUT2D eigenvalue weighted by Gasteiger charge is 2.40. The molecule has 0 saturated carbocycles. The van der Waals surface area contributed by atoms with Gasteiger partial charge in [0.25, 0.3) is 0 Å². The number of hydrogen-bond donors (Lipinski definition) is 1. The quantitative estimate of drug-likeness (QED) is 0.736. The fourth-order valence-electron chi connectivity index (χ4n) is 3.14. The average Bonchev–Trinajstić information content (AvgIpc) is 2.95. The van der Waals surface area contributed by atoms with Crippen molar-refractivity contribution in [3.63, 3.8) is 0 Å². The molecule has 0 amide bonds. The summed E-state index contributed by atoms with van der Waals surface area (Å²) in [7, 11) is 0. The Bertz CT molecular complexity index is 848. The second-order valence-electron chi connectivity index (χ2n) is 7.06. The van der Waals surface area contributed by atoms with Crippen LogP contribution in [0.15, 0.2) is 43.1 Å². The van der Waals surface area contributed by atoms with Crippen LogP contribution in [0, 0.1) is 11.7 Å². The summed E-state index contributed by atoms with van der Waals surface area (Å²) < 4.78 is 57.9. The van der Waals surface area contributed by atoms with E-state index in [4.69, 9.17) is 4.74 Å². The van der Waals surface area contributed by atoms with Gasteiger partial charge in [-0.3, -0.25) is 4.98 Å². The standard InChI is InChI=1S/C20H20F4N2O/c1-12-10-27-11-19(12,3)16-8-15(5-6-17(16)21)26-13(2)18-7-4-14(9-25-18)20(22,23)24/h4-9,12,26H,2,10-11H2,1,3H3/t12-,19-/m1/s1. The summed E-state index contributed by atoms with van der Waals surface area (Å²) in [6.45, 7) is 8.78. The van der Waals surface area contributed by atoms with Gasteiger partial charge in [-0.15, -0.1) is 0 Å². The van der Waals surface area contributed by atoms with Crippen molar-refractivity contribution in [1.29, 1.82) is 0 Å². The van der Waals surface area contributed by atoms with E-state index in [1.54, 1.807) is 12.1 Å². The van der Waals surface area contributed by atoms with Crippen molar-refractivity contribution < 1.29 is 22.3 Å². The van der Waals surface area contributed by atoms with Crippen molar-refractivity contribution in [2.24, 2.45) is 5.92 Å². The molecule has 1 aliphatic rings. The van der Waals surface area contributed by atoms with E-state index < -0.39 is 17.2 Å². The molecule has 2 heterocycles. The van der Waals surface area contributed by atoms with E-state index in [9.17, 15) is 17.6 Å². The van der Waals surface area contributed by atoms with Crippen molar-refractivity contribution in [1.82, 2.24) is 4.98 Å². The number of halogens is 4. The topological polar surface area (TPSA) is 34.1 Å². The van der Waals surface area contributed by atoms with Gasteiger partial charge >= 0.3 is 6.18 Å². The first kappa shape index (κ1) is 19.4. The highest BCUT2D eigenvalue weighted by molar-refractivity contribution is 5.73. The van der Waals surface area contributed by atoms with Gasteiger partial charge in [0.15, 0.2) is 0 Å². The molecule has 3 nitrogen and oxygen atoms in total. The first-order valence-corrected chi connectivity index (χ1v) is 8.48. The Hall–Kier alpha value is -2.41. The number of pyridine rings is 1. The number of alkyl halides is 3. The Kier molecular flexibility index (Phi) is 4.99. The van der Waals surface area contributed by atoms with Crippen LogP contribution < -0.4 is 5.32 Å². The molecule has 2 atom stereocenters. The lowest BCUT2D eigenvalue weighted by atomic mass is 9.75. The van der Waals surface area contributed by atoms with Crippen molar-refractivity contribution >= 4 is 11.4 Å². The van der Waals surface area contributed by atoms with Gasteiger partial charge in [0.2, 0.25) is 0 Å². The van der Waals surface area contributed by atoms with Crippen molar-refractivity contribution in [2.75, 3.05) is 18.5 Å². The van der Waals surface area contributed by atoms with E-state index in [2.05, 4.69) is 16.9 Å². The maximum absolute atomic E-state index is 14.4. The van der Waals surface area contributed by atoms with E-state index in [0.717, 1.165) is 12.3 Å². The summed E-state index contributed by atoms with van der Waals surface area (Å²) in [4.78, 5) is 3.81. The smallest absolute Gasteiger partial charge is 0.380 e. The SMILES string of the molecule is C=C(Nc1ccc(F)c([C@]2(C)COC[C@H]2C)c1)c1ccc(C(F)(F)F)cn1. The Morgan fingerprint density at radius 3 is 2.59 bits per heavy atom. The fourth-order valence-corrected chi connectivity index (χ4v) is 3.14. The van der Waals surface area contributed by atoms with Gasteiger partial charge in [0.1, 0.15) is 5.82 Å². The molecule has 1 aromatic carbocycles. The predicted octanol–water partition coefficient (Wildman–Crippen LogP) is 5.25. The van der Waals surface area contributed by atoms with Crippen LogP contribution in [-0.2, 0) is 16.3 Å². The van der Waals surface area contributed by atoms with E-state index in [1.165, 1.54) is 12.1 Å². The van der Waals surface area contributed by atoms with Crippen molar-refractivity contribution in [2.45, 2.75) is 25.4 Å². The summed E-state index contributed by atoms with van der Waals surface area (Å²) in [6.07, 6.45) is -3.68. The van der Waals surface area contributed by atoms with Crippen LogP contribution in [0.3, 0.4) is 0 Å². The lowest BCUT2D eigenvalue weighted by Gasteiger charge is -2.28. The number of hydrogen-bond acceptors (Lipinski definition) is 3. The highest BCUT2D eigenvalue weighted by atomic mass is 19.4. The van der Waals surface area contributed by atoms with Crippen LogP contribution in [0.4, 0.5) is 23.2 Å². The maximum Gasteiger partial charge on any atom is 0.417 e. The lowest BCUT2D eigenvalue weighted by molar-refractivity contribution is -0.137. The van der Waals surface area contributed by atoms with Crippen LogP contribution in [-0.4, -0.2) is 18.2 Å². The van der Waals surface area contributed by atoms with Gasteiger partial charge in [-0.1, -0.05) is 20.4 Å². The van der Waals surface area contributed by atoms with Crippen LogP contribution in [0.1, 0.15) is 30.7 Å². The third-order valence-electron chi connectivity index (χ3n) is 5.13. The molecule has 1 saturated heterocycles. The average molecular weight is 380 g/mol. The fraction of sp³-hybridized carbons (Fsp3) is 0.350. The lowest BCUT2D eigenvalue weighted by Crippen LogP contribution is -2.30. The molecule has 2 aromatic rings. The minimum atomic E-state index is -4.44. The number of benzene rings is 1. The molecule has 0 radical (unpaired) electrons. The largest absolute Gasteiger partial charge is 0.417 e. The van der Waals surface area contributed by atoms with Gasteiger partial charge < -0.3 is 10.1 Å². The Morgan fingerprint density at radius 1 is 1.30 bits per heavy atom. The second kappa shape index (κ2) is 6.96. The Labute approximate surface area is 155 Å². The number of rotatable bonds is 4. The molecule has 1 aliphatic heterocycles. The summed E-state index contributed by atoms with van der Waals surface area (Å²) in [6, 6.07) is 6.80. The molecule has 7 heteroatoms. The second-order valence-corrected chi connectivity index (χ2v) is 7.06. The van der Waals surface area contributed by atoms with E-state index >= 15 is 0 Å². The number of aromatic nitrogens is 1. The molecule has 144 valence electrons. The zero-order valence-electron chi connectivity index (χ0n) is 15.0. The molecule has 1 fully saturated rings. The van der Waals surface area contributed by atoms with Crippen LogP contribution in [0.2, 0.25) is 0 Å². The summed E-state index contributed by atoms with van der Waals surface area (Å²) in [5.41, 5.74) is 0.436. The molecular weight excluding hydrogens is 360 g/mol. The number of ether oxygens (including phenoxy) is 1. The summed E-state index contributed by atoms with van der Waals surface area (Å²) >= 11 is 0. The zero-order chi connectivity index (χ0) is 19.8. The molecule has 3 rings (SSSR count). The molecule has 0 spiro atoms. The number of anilines is 1. The number of nitrogens with one attached hydrogen (secondary N) is 1. The van der Waals surface area contributed by atoms with Gasteiger partial charge in [0, 0.05) is 17.3 Å². The molecule has 0 unspecified atom stereocenters. The normalized spacial score (nSPS) is 22.7. The van der Waals surface area contributed by atoms with Crippen molar-refractivity contribution in [3.05, 3.63) is 65.7 Å². The Balaban J connectivity index is 1.82. The van der Waals surface area contributed by atoms with E-state index in [0.29, 0.717) is 30.2 Å². The van der Waals surface area contributed by atoms with Crippen LogP contribution in [0.5, 0.6) is 0 Å². The predicted molar refractivity (Wildman–Crippen MR) is 95.6 cm³/mol. The molecule has 1 N–H and O–H groups in total.